The van der Waals surface area contributed by atoms with Crippen LogP contribution in [0.25, 0.3) is 0 Å². The number of benzene rings is 1. The Morgan fingerprint density at radius 2 is 2.04 bits per heavy atom. The third-order valence-electron chi connectivity index (χ3n) is 4.39. The highest BCUT2D eigenvalue weighted by atomic mass is 16.2. The van der Waals surface area contributed by atoms with Crippen molar-refractivity contribution in [3.05, 3.63) is 53.3 Å². The molecule has 3 rings (SSSR count). The number of aromatic nitrogens is 1. The Bertz CT molecular complexity index is 706. The molecule has 0 radical (unpaired) electrons. The largest absolute Gasteiger partial charge is 0.354 e. The summed E-state index contributed by atoms with van der Waals surface area (Å²) in [5, 5.41) is 3.44. The fourth-order valence-corrected chi connectivity index (χ4v) is 3.07. The van der Waals surface area contributed by atoms with Crippen LogP contribution in [0.15, 0.2) is 36.7 Å². The monoisotopic (exact) mass is 309 g/mol. The maximum Gasteiger partial charge on any atom is 0.255 e. The van der Waals surface area contributed by atoms with Crippen LogP contribution in [-0.2, 0) is 6.42 Å². The molecule has 4 heteroatoms. The van der Waals surface area contributed by atoms with E-state index in [1.807, 2.05) is 11.0 Å². The number of aryl methyl sites for hydroxylation is 2. The average Bonchev–Trinajstić information content (AvgIpc) is 3.11. The van der Waals surface area contributed by atoms with E-state index in [1.54, 1.807) is 12.4 Å². The van der Waals surface area contributed by atoms with E-state index in [2.05, 4.69) is 42.3 Å². The van der Waals surface area contributed by atoms with Gasteiger partial charge in [-0.25, -0.2) is 0 Å². The smallest absolute Gasteiger partial charge is 0.255 e. The summed E-state index contributed by atoms with van der Waals surface area (Å²) in [5.41, 5.74) is 5.09. The molecule has 0 aliphatic carbocycles. The van der Waals surface area contributed by atoms with Crippen molar-refractivity contribution in [3.63, 3.8) is 0 Å². The van der Waals surface area contributed by atoms with E-state index in [9.17, 15) is 4.79 Å². The minimum Gasteiger partial charge on any atom is -0.354 e. The molecule has 2 aromatic rings. The summed E-state index contributed by atoms with van der Waals surface area (Å²) in [6, 6.07) is 8.20. The van der Waals surface area contributed by atoms with Gasteiger partial charge in [-0.05, 0) is 43.4 Å². The summed E-state index contributed by atoms with van der Waals surface area (Å²) in [6.45, 7) is 5.95. The number of carbonyl (C=O) groups is 1. The lowest BCUT2D eigenvalue weighted by atomic mass is 10.1. The molecule has 120 valence electrons. The molecule has 0 unspecified atom stereocenters. The van der Waals surface area contributed by atoms with E-state index in [0.29, 0.717) is 5.56 Å². The van der Waals surface area contributed by atoms with Gasteiger partial charge < -0.3 is 10.2 Å². The Morgan fingerprint density at radius 3 is 2.78 bits per heavy atom. The molecule has 0 saturated carbocycles. The van der Waals surface area contributed by atoms with Gasteiger partial charge in [0.25, 0.3) is 5.91 Å². The predicted molar refractivity (Wildman–Crippen MR) is 93.2 cm³/mol. The number of anilines is 2. The van der Waals surface area contributed by atoms with Crippen LogP contribution in [0.4, 0.5) is 11.4 Å². The van der Waals surface area contributed by atoms with Gasteiger partial charge in [0.05, 0.1) is 17.4 Å². The zero-order valence-electron chi connectivity index (χ0n) is 13.8. The summed E-state index contributed by atoms with van der Waals surface area (Å²) < 4.78 is 0. The third-order valence-corrected chi connectivity index (χ3v) is 4.39. The Hall–Kier alpha value is -2.36. The number of pyridine rings is 1. The molecule has 1 aliphatic heterocycles. The summed E-state index contributed by atoms with van der Waals surface area (Å²) in [6.07, 6.45) is 6.58. The summed E-state index contributed by atoms with van der Waals surface area (Å²) in [5.74, 6) is 0.0825. The number of para-hydroxylation sites is 1. The molecular weight excluding hydrogens is 286 g/mol. The second kappa shape index (κ2) is 6.82. The maximum atomic E-state index is 12.5. The van der Waals surface area contributed by atoms with Crippen LogP contribution in [-0.4, -0.2) is 28.9 Å². The van der Waals surface area contributed by atoms with Crippen molar-refractivity contribution < 1.29 is 4.79 Å². The zero-order valence-corrected chi connectivity index (χ0v) is 13.8. The minimum absolute atomic E-state index is 0.0825. The molecule has 23 heavy (non-hydrogen) atoms. The number of likely N-dealkylation sites (tertiary alicyclic amines) is 1. The normalized spacial score (nSPS) is 14.1. The van der Waals surface area contributed by atoms with Crippen LogP contribution in [0, 0.1) is 6.92 Å². The van der Waals surface area contributed by atoms with Gasteiger partial charge in [-0.1, -0.05) is 25.1 Å². The molecule has 1 aromatic carbocycles. The van der Waals surface area contributed by atoms with E-state index < -0.39 is 0 Å². The third kappa shape index (κ3) is 3.36. The predicted octanol–water partition coefficient (Wildman–Crippen LogP) is 3.93. The van der Waals surface area contributed by atoms with Crippen LogP contribution >= 0.6 is 0 Å². The van der Waals surface area contributed by atoms with Crippen LogP contribution in [0.2, 0.25) is 0 Å². The highest BCUT2D eigenvalue weighted by molar-refractivity contribution is 5.95. The molecule has 1 saturated heterocycles. The molecule has 1 N–H and O–H groups in total. The first-order chi connectivity index (χ1) is 11.2. The zero-order chi connectivity index (χ0) is 16.2. The molecule has 1 aromatic heterocycles. The van der Waals surface area contributed by atoms with Gasteiger partial charge in [0.1, 0.15) is 0 Å². The second-order valence-electron chi connectivity index (χ2n) is 6.05. The van der Waals surface area contributed by atoms with Gasteiger partial charge in [-0.15, -0.1) is 0 Å². The average molecular weight is 309 g/mol. The quantitative estimate of drug-likeness (QED) is 0.930. The topological polar surface area (TPSA) is 45.2 Å². The minimum atomic E-state index is 0.0825. The molecule has 0 bridgehead atoms. The Kier molecular flexibility index (Phi) is 4.60. The number of carbonyl (C=O) groups excluding carboxylic acids is 1. The van der Waals surface area contributed by atoms with E-state index in [0.717, 1.165) is 43.7 Å². The lowest BCUT2D eigenvalue weighted by molar-refractivity contribution is 0.0792. The van der Waals surface area contributed by atoms with Gasteiger partial charge in [-0.2, -0.15) is 0 Å². The van der Waals surface area contributed by atoms with Gasteiger partial charge in [0.2, 0.25) is 0 Å². The number of amides is 1. The van der Waals surface area contributed by atoms with Crippen molar-refractivity contribution in [2.75, 3.05) is 18.4 Å². The Balaban J connectivity index is 1.84. The molecule has 0 atom stereocenters. The summed E-state index contributed by atoms with van der Waals surface area (Å²) in [7, 11) is 0. The van der Waals surface area contributed by atoms with Crippen LogP contribution in [0.3, 0.4) is 0 Å². The van der Waals surface area contributed by atoms with Crippen LogP contribution < -0.4 is 5.32 Å². The number of hydrogen-bond acceptors (Lipinski definition) is 3. The Morgan fingerprint density at radius 1 is 1.26 bits per heavy atom. The first-order valence-electron chi connectivity index (χ1n) is 8.29. The number of hydrogen-bond donors (Lipinski definition) is 1. The van der Waals surface area contributed by atoms with Gasteiger partial charge in [0.15, 0.2) is 0 Å². The molecular formula is C19H23N3O. The fourth-order valence-electron chi connectivity index (χ4n) is 3.07. The fraction of sp³-hybridized carbons (Fsp3) is 0.368. The van der Waals surface area contributed by atoms with Crippen molar-refractivity contribution in [2.24, 2.45) is 0 Å². The van der Waals surface area contributed by atoms with Gasteiger partial charge >= 0.3 is 0 Å². The summed E-state index contributed by atoms with van der Waals surface area (Å²) >= 11 is 0. The van der Waals surface area contributed by atoms with Crippen molar-refractivity contribution in [1.82, 2.24) is 9.88 Å². The standard InChI is InChI=1S/C19H23N3O/c1-3-15-8-6-7-14(2)18(15)21-17-11-16(12-20-13-17)19(23)22-9-4-5-10-22/h6-8,11-13,21H,3-5,9-10H2,1-2H3. The molecule has 1 amide bonds. The van der Waals surface area contributed by atoms with E-state index >= 15 is 0 Å². The van der Waals surface area contributed by atoms with Crippen molar-refractivity contribution in [3.8, 4) is 0 Å². The number of nitrogens with zero attached hydrogens (tertiary/aromatic N) is 2. The van der Waals surface area contributed by atoms with E-state index in [4.69, 9.17) is 0 Å². The molecule has 1 fully saturated rings. The molecule has 1 aliphatic rings. The van der Waals surface area contributed by atoms with Gasteiger partial charge in [0, 0.05) is 25.0 Å². The van der Waals surface area contributed by atoms with E-state index in [1.165, 1.54) is 11.1 Å². The molecule has 4 nitrogen and oxygen atoms in total. The van der Waals surface area contributed by atoms with Crippen LogP contribution in [0.5, 0.6) is 0 Å². The molecule has 2 heterocycles. The van der Waals surface area contributed by atoms with Crippen molar-refractivity contribution in [1.29, 1.82) is 0 Å². The first-order valence-corrected chi connectivity index (χ1v) is 8.29. The van der Waals surface area contributed by atoms with Gasteiger partial charge in [-0.3, -0.25) is 9.78 Å². The highest BCUT2D eigenvalue weighted by Gasteiger charge is 2.20. The lowest BCUT2D eigenvalue weighted by Gasteiger charge is -2.17. The number of nitrogens with one attached hydrogen (secondary N) is 1. The number of rotatable bonds is 4. The SMILES string of the molecule is CCc1cccc(C)c1Nc1cncc(C(=O)N2CCCC2)c1. The summed E-state index contributed by atoms with van der Waals surface area (Å²) in [4.78, 5) is 18.7. The van der Waals surface area contributed by atoms with E-state index in [-0.39, 0.29) is 5.91 Å². The lowest BCUT2D eigenvalue weighted by Crippen LogP contribution is -2.27. The second-order valence-corrected chi connectivity index (χ2v) is 6.05. The maximum absolute atomic E-state index is 12.5. The highest BCUT2D eigenvalue weighted by Crippen LogP contribution is 2.25. The molecule has 0 spiro atoms. The van der Waals surface area contributed by atoms with Crippen molar-refractivity contribution >= 4 is 17.3 Å². The first kappa shape index (κ1) is 15.5. The van der Waals surface area contributed by atoms with Crippen molar-refractivity contribution in [2.45, 2.75) is 33.1 Å². The van der Waals surface area contributed by atoms with Crippen LogP contribution in [0.1, 0.15) is 41.3 Å². The Labute approximate surface area is 137 Å².